The van der Waals surface area contributed by atoms with Crippen LogP contribution in [0.1, 0.15) is 46.5 Å². The van der Waals surface area contributed by atoms with Gasteiger partial charge in [0.05, 0.1) is 12.0 Å². The van der Waals surface area contributed by atoms with Crippen LogP contribution in [0, 0.1) is 11.3 Å². The van der Waals surface area contributed by atoms with E-state index in [4.69, 9.17) is 0 Å². The molecule has 0 aromatic carbocycles. The number of nitrogens with zero attached hydrogens (tertiary/aromatic N) is 1. The lowest BCUT2D eigenvalue weighted by Gasteiger charge is -2.41. The average Bonchev–Trinajstić information content (AvgIpc) is 2.25. The van der Waals surface area contributed by atoms with Crippen LogP contribution in [0.2, 0.25) is 0 Å². The predicted octanol–water partition coefficient (Wildman–Crippen LogP) is 3.54. The lowest BCUT2D eigenvalue weighted by atomic mass is 9.69. The van der Waals surface area contributed by atoms with Gasteiger partial charge < -0.3 is 5.11 Å². The number of alkyl halides is 3. The highest BCUT2D eigenvalue weighted by atomic mass is 19.4. The molecular formula is C14H24F3NO2. The maximum Gasteiger partial charge on any atom is 0.401 e. The van der Waals surface area contributed by atoms with Crippen molar-refractivity contribution in [3.05, 3.63) is 0 Å². The summed E-state index contributed by atoms with van der Waals surface area (Å²) in [6.07, 6.45) is -1.65. The molecule has 1 aliphatic carbocycles. The van der Waals surface area contributed by atoms with E-state index in [1.807, 2.05) is 6.92 Å². The third-order valence-electron chi connectivity index (χ3n) is 4.16. The molecule has 1 N–H and O–H groups in total. The van der Waals surface area contributed by atoms with Crippen LogP contribution in [0.25, 0.3) is 0 Å². The Labute approximate surface area is 118 Å². The maximum absolute atomic E-state index is 12.6. The minimum absolute atomic E-state index is 0.0240. The van der Waals surface area contributed by atoms with Gasteiger partial charge in [0, 0.05) is 12.6 Å². The molecule has 0 radical (unpaired) electrons. The summed E-state index contributed by atoms with van der Waals surface area (Å²) in [5, 5.41) is 9.53. The zero-order valence-corrected chi connectivity index (χ0v) is 12.3. The molecule has 1 aliphatic rings. The summed E-state index contributed by atoms with van der Waals surface area (Å²) >= 11 is 0. The molecule has 2 unspecified atom stereocenters. The number of carboxylic acids is 1. The molecule has 118 valence electrons. The summed E-state index contributed by atoms with van der Waals surface area (Å²) in [6, 6.07) is -0.329. The van der Waals surface area contributed by atoms with Gasteiger partial charge in [0.15, 0.2) is 0 Å². The van der Waals surface area contributed by atoms with Gasteiger partial charge in [-0.3, -0.25) is 9.69 Å². The van der Waals surface area contributed by atoms with Crippen LogP contribution in [0.5, 0.6) is 0 Å². The van der Waals surface area contributed by atoms with Crippen molar-refractivity contribution in [1.82, 2.24) is 4.90 Å². The number of halogens is 3. The largest absolute Gasteiger partial charge is 0.481 e. The summed E-state index contributed by atoms with van der Waals surface area (Å²) in [5.41, 5.74) is -1.03. The molecule has 1 saturated carbocycles. The topological polar surface area (TPSA) is 40.5 Å². The van der Waals surface area contributed by atoms with Crippen molar-refractivity contribution in [1.29, 1.82) is 0 Å². The molecule has 1 fully saturated rings. The van der Waals surface area contributed by atoms with Gasteiger partial charge in [-0.25, -0.2) is 0 Å². The van der Waals surface area contributed by atoms with Gasteiger partial charge in [-0.05, 0) is 32.6 Å². The first-order valence-corrected chi connectivity index (χ1v) is 7.10. The fraction of sp³-hybridized carbons (Fsp3) is 0.929. The van der Waals surface area contributed by atoms with Crippen molar-refractivity contribution in [2.75, 3.05) is 13.1 Å². The van der Waals surface area contributed by atoms with Crippen LogP contribution < -0.4 is 0 Å². The van der Waals surface area contributed by atoms with E-state index in [-0.39, 0.29) is 18.5 Å². The second kappa shape index (κ2) is 6.33. The minimum atomic E-state index is -4.30. The smallest absolute Gasteiger partial charge is 0.401 e. The zero-order valence-electron chi connectivity index (χ0n) is 12.3. The third kappa shape index (κ3) is 4.65. The molecule has 0 spiro atoms. The summed E-state index contributed by atoms with van der Waals surface area (Å²) in [6.45, 7) is 4.25. The Morgan fingerprint density at radius 1 is 1.45 bits per heavy atom. The first-order valence-electron chi connectivity index (χ1n) is 7.10. The van der Waals surface area contributed by atoms with Gasteiger partial charge in [-0.2, -0.15) is 13.2 Å². The van der Waals surface area contributed by atoms with E-state index in [1.54, 1.807) is 13.8 Å². The van der Waals surface area contributed by atoms with Gasteiger partial charge in [-0.15, -0.1) is 0 Å². The lowest BCUT2D eigenvalue weighted by molar-refractivity contribution is -0.166. The second-order valence-electron chi connectivity index (χ2n) is 6.40. The van der Waals surface area contributed by atoms with E-state index in [0.717, 1.165) is 12.8 Å². The SMILES string of the molecule is CC1CCCC(CN(CC(F)(F)F)C(C)C)(C(=O)O)C1. The van der Waals surface area contributed by atoms with Gasteiger partial charge in [0.2, 0.25) is 0 Å². The standard InChI is InChI=1S/C14H24F3NO2/c1-10(2)18(9-14(15,16)17)8-13(12(19)20)6-4-5-11(3)7-13/h10-11H,4-9H2,1-3H3,(H,19,20). The predicted molar refractivity (Wildman–Crippen MR) is 70.5 cm³/mol. The Morgan fingerprint density at radius 2 is 2.05 bits per heavy atom. The number of carboxylic acid groups (broad SMARTS) is 1. The number of aliphatic carboxylic acids is 1. The third-order valence-corrected chi connectivity index (χ3v) is 4.16. The second-order valence-corrected chi connectivity index (χ2v) is 6.40. The van der Waals surface area contributed by atoms with Crippen molar-refractivity contribution in [2.45, 2.75) is 58.7 Å². The quantitative estimate of drug-likeness (QED) is 0.843. The Hall–Kier alpha value is -0.780. The first-order chi connectivity index (χ1) is 9.06. The Bertz CT molecular complexity index is 344. The van der Waals surface area contributed by atoms with Gasteiger partial charge in [-0.1, -0.05) is 19.8 Å². The van der Waals surface area contributed by atoms with E-state index in [2.05, 4.69) is 0 Å². The first kappa shape index (κ1) is 17.3. The van der Waals surface area contributed by atoms with Crippen LogP contribution >= 0.6 is 0 Å². The summed E-state index contributed by atoms with van der Waals surface area (Å²) < 4.78 is 37.9. The molecule has 20 heavy (non-hydrogen) atoms. The molecule has 0 amide bonds. The molecule has 0 heterocycles. The van der Waals surface area contributed by atoms with Gasteiger partial charge >= 0.3 is 12.1 Å². The molecule has 0 aromatic heterocycles. The van der Waals surface area contributed by atoms with Crippen LogP contribution in [-0.4, -0.2) is 41.3 Å². The number of carbonyl (C=O) groups is 1. The number of rotatable bonds is 5. The summed E-state index contributed by atoms with van der Waals surface area (Å²) in [4.78, 5) is 12.9. The minimum Gasteiger partial charge on any atom is -0.481 e. The molecule has 0 saturated heterocycles. The normalized spacial score (nSPS) is 28.1. The summed E-state index contributed by atoms with van der Waals surface area (Å²) in [7, 11) is 0. The molecule has 0 aliphatic heterocycles. The van der Waals surface area contributed by atoms with Gasteiger partial charge in [0.25, 0.3) is 0 Å². The van der Waals surface area contributed by atoms with Crippen molar-refractivity contribution >= 4 is 5.97 Å². The molecule has 2 atom stereocenters. The fourth-order valence-corrected chi connectivity index (χ4v) is 3.11. The fourth-order valence-electron chi connectivity index (χ4n) is 3.11. The molecule has 6 heteroatoms. The van der Waals surface area contributed by atoms with Crippen molar-refractivity contribution in [2.24, 2.45) is 11.3 Å². The monoisotopic (exact) mass is 295 g/mol. The van der Waals surface area contributed by atoms with Crippen LogP contribution in [0.15, 0.2) is 0 Å². The Kier molecular flexibility index (Phi) is 5.46. The van der Waals surface area contributed by atoms with E-state index < -0.39 is 24.1 Å². The van der Waals surface area contributed by atoms with E-state index in [9.17, 15) is 23.1 Å². The van der Waals surface area contributed by atoms with E-state index in [1.165, 1.54) is 4.90 Å². The van der Waals surface area contributed by atoms with E-state index >= 15 is 0 Å². The molecule has 1 rings (SSSR count). The lowest BCUT2D eigenvalue weighted by Crippen LogP contribution is -2.50. The maximum atomic E-state index is 12.6. The van der Waals surface area contributed by atoms with E-state index in [0.29, 0.717) is 12.8 Å². The molecule has 0 aromatic rings. The highest BCUT2D eigenvalue weighted by Crippen LogP contribution is 2.41. The Morgan fingerprint density at radius 3 is 2.45 bits per heavy atom. The average molecular weight is 295 g/mol. The highest BCUT2D eigenvalue weighted by Gasteiger charge is 2.45. The summed E-state index contributed by atoms with van der Waals surface area (Å²) in [5.74, 6) is -0.711. The zero-order chi connectivity index (χ0) is 15.6. The number of hydrogen-bond acceptors (Lipinski definition) is 2. The highest BCUT2D eigenvalue weighted by molar-refractivity contribution is 5.75. The van der Waals surface area contributed by atoms with Gasteiger partial charge in [0.1, 0.15) is 0 Å². The molecular weight excluding hydrogens is 271 g/mol. The molecule has 3 nitrogen and oxygen atoms in total. The van der Waals surface area contributed by atoms with Crippen molar-refractivity contribution in [3.63, 3.8) is 0 Å². The van der Waals surface area contributed by atoms with Crippen LogP contribution in [0.3, 0.4) is 0 Å². The van der Waals surface area contributed by atoms with Crippen molar-refractivity contribution in [3.8, 4) is 0 Å². The Balaban J connectivity index is 2.89. The van der Waals surface area contributed by atoms with Crippen LogP contribution in [-0.2, 0) is 4.79 Å². The molecule has 0 bridgehead atoms. The number of hydrogen-bond donors (Lipinski definition) is 1. The van der Waals surface area contributed by atoms with Crippen molar-refractivity contribution < 1.29 is 23.1 Å². The van der Waals surface area contributed by atoms with Crippen LogP contribution in [0.4, 0.5) is 13.2 Å².